The van der Waals surface area contributed by atoms with Gasteiger partial charge in [-0.05, 0) is 18.8 Å². The molecule has 1 fully saturated rings. The van der Waals surface area contributed by atoms with E-state index in [0.29, 0.717) is 5.69 Å². The fourth-order valence-electron chi connectivity index (χ4n) is 1.41. The summed E-state index contributed by atoms with van der Waals surface area (Å²) in [6.07, 6.45) is 5.14. The first-order valence-electron chi connectivity index (χ1n) is 5.02. The highest BCUT2D eigenvalue weighted by molar-refractivity contribution is 7.07. The molecule has 2 rings (SSSR count). The van der Waals surface area contributed by atoms with Crippen LogP contribution < -0.4 is 5.32 Å². The number of thiazole rings is 1. The molecule has 1 aliphatic carbocycles. The summed E-state index contributed by atoms with van der Waals surface area (Å²) < 4.78 is 0. The van der Waals surface area contributed by atoms with Crippen LogP contribution in [0.1, 0.15) is 36.2 Å². The SMILES string of the molecule is O=C(NCCCC1CC1)c1cscn1. The van der Waals surface area contributed by atoms with E-state index in [9.17, 15) is 4.79 Å². The van der Waals surface area contributed by atoms with Crippen molar-refractivity contribution in [1.82, 2.24) is 10.3 Å². The minimum absolute atomic E-state index is 0.0398. The summed E-state index contributed by atoms with van der Waals surface area (Å²) in [5, 5.41) is 4.65. The zero-order valence-electron chi connectivity index (χ0n) is 8.03. The van der Waals surface area contributed by atoms with Crippen molar-refractivity contribution in [3.8, 4) is 0 Å². The number of nitrogens with one attached hydrogen (secondary N) is 1. The van der Waals surface area contributed by atoms with Gasteiger partial charge in [0.1, 0.15) is 5.69 Å². The molecule has 76 valence electrons. The minimum Gasteiger partial charge on any atom is -0.351 e. The molecule has 4 heteroatoms. The van der Waals surface area contributed by atoms with E-state index in [-0.39, 0.29) is 5.91 Å². The number of hydrogen-bond donors (Lipinski definition) is 1. The van der Waals surface area contributed by atoms with Gasteiger partial charge in [-0.2, -0.15) is 0 Å². The van der Waals surface area contributed by atoms with E-state index in [4.69, 9.17) is 0 Å². The Bertz CT molecular complexity index is 293. The van der Waals surface area contributed by atoms with Gasteiger partial charge < -0.3 is 5.32 Å². The molecule has 3 nitrogen and oxygen atoms in total. The third-order valence-electron chi connectivity index (χ3n) is 2.44. The second-order valence-electron chi connectivity index (χ2n) is 3.72. The lowest BCUT2D eigenvalue weighted by Crippen LogP contribution is -2.24. The summed E-state index contributed by atoms with van der Waals surface area (Å²) in [7, 11) is 0. The van der Waals surface area contributed by atoms with Crippen molar-refractivity contribution >= 4 is 17.2 Å². The Labute approximate surface area is 87.6 Å². The lowest BCUT2D eigenvalue weighted by Gasteiger charge is -2.01. The van der Waals surface area contributed by atoms with Crippen LogP contribution >= 0.6 is 11.3 Å². The topological polar surface area (TPSA) is 42.0 Å². The van der Waals surface area contributed by atoms with E-state index in [2.05, 4.69) is 10.3 Å². The molecule has 0 radical (unpaired) electrons. The van der Waals surface area contributed by atoms with Gasteiger partial charge in [0.2, 0.25) is 0 Å². The first kappa shape index (κ1) is 9.65. The number of amides is 1. The average Bonchev–Trinajstić information content (AvgIpc) is 2.84. The summed E-state index contributed by atoms with van der Waals surface area (Å²) in [5.41, 5.74) is 2.22. The zero-order chi connectivity index (χ0) is 9.80. The zero-order valence-corrected chi connectivity index (χ0v) is 8.85. The second kappa shape index (κ2) is 4.55. The Balaban J connectivity index is 1.62. The molecule has 0 aromatic carbocycles. The van der Waals surface area contributed by atoms with Crippen LogP contribution in [0.25, 0.3) is 0 Å². The van der Waals surface area contributed by atoms with E-state index in [1.54, 1.807) is 10.9 Å². The Morgan fingerprint density at radius 3 is 3.14 bits per heavy atom. The molecular formula is C10H14N2OS. The Morgan fingerprint density at radius 1 is 1.64 bits per heavy atom. The number of rotatable bonds is 5. The van der Waals surface area contributed by atoms with Gasteiger partial charge in [-0.1, -0.05) is 12.8 Å². The monoisotopic (exact) mass is 210 g/mol. The number of carbonyl (C=O) groups excluding carboxylic acids is 1. The normalized spacial score (nSPS) is 15.4. The molecule has 1 N–H and O–H groups in total. The molecule has 0 saturated heterocycles. The summed E-state index contributed by atoms with van der Waals surface area (Å²) in [6, 6.07) is 0. The van der Waals surface area contributed by atoms with E-state index in [0.717, 1.165) is 18.9 Å². The van der Waals surface area contributed by atoms with Gasteiger partial charge in [-0.15, -0.1) is 11.3 Å². The van der Waals surface area contributed by atoms with Crippen LogP contribution in [0.15, 0.2) is 10.9 Å². The Hall–Kier alpha value is -0.900. The smallest absolute Gasteiger partial charge is 0.270 e. The van der Waals surface area contributed by atoms with Gasteiger partial charge >= 0.3 is 0 Å². The summed E-state index contributed by atoms with van der Waals surface area (Å²) in [5.74, 6) is 0.910. The highest BCUT2D eigenvalue weighted by Gasteiger charge is 2.20. The molecular weight excluding hydrogens is 196 g/mol. The predicted octanol–water partition coefficient (Wildman–Crippen LogP) is 2.06. The standard InChI is InChI=1S/C10H14N2OS/c13-10(9-6-14-7-12-9)11-5-1-2-8-3-4-8/h6-8H,1-5H2,(H,11,13). The number of nitrogens with zero attached hydrogens (tertiary/aromatic N) is 1. The largest absolute Gasteiger partial charge is 0.351 e. The van der Waals surface area contributed by atoms with Crippen LogP contribution in [-0.2, 0) is 0 Å². The predicted molar refractivity (Wildman–Crippen MR) is 56.4 cm³/mol. The van der Waals surface area contributed by atoms with E-state index < -0.39 is 0 Å². The maximum atomic E-state index is 11.4. The van der Waals surface area contributed by atoms with Crippen molar-refractivity contribution < 1.29 is 4.79 Å². The van der Waals surface area contributed by atoms with E-state index >= 15 is 0 Å². The minimum atomic E-state index is -0.0398. The third kappa shape index (κ3) is 2.80. The average molecular weight is 210 g/mol. The van der Waals surface area contributed by atoms with E-state index in [1.165, 1.54) is 30.6 Å². The highest BCUT2D eigenvalue weighted by Crippen LogP contribution is 2.33. The first-order chi connectivity index (χ1) is 6.86. The maximum absolute atomic E-state index is 11.4. The molecule has 1 aromatic heterocycles. The summed E-state index contributed by atoms with van der Waals surface area (Å²) in [6.45, 7) is 0.785. The van der Waals surface area contributed by atoms with E-state index in [1.807, 2.05) is 0 Å². The molecule has 1 aromatic rings. The van der Waals surface area contributed by atoms with Crippen LogP contribution in [0, 0.1) is 5.92 Å². The van der Waals surface area contributed by atoms with Crippen molar-refractivity contribution in [2.24, 2.45) is 5.92 Å². The maximum Gasteiger partial charge on any atom is 0.270 e. The van der Waals surface area contributed by atoms with Crippen LogP contribution in [0.5, 0.6) is 0 Å². The van der Waals surface area contributed by atoms with Crippen molar-refractivity contribution in [3.05, 3.63) is 16.6 Å². The molecule has 1 aliphatic rings. The molecule has 1 saturated carbocycles. The number of aromatic nitrogens is 1. The van der Waals surface area contributed by atoms with Crippen LogP contribution in [0.2, 0.25) is 0 Å². The van der Waals surface area contributed by atoms with Gasteiger partial charge in [-0.25, -0.2) is 4.98 Å². The second-order valence-corrected chi connectivity index (χ2v) is 4.43. The van der Waals surface area contributed by atoms with Crippen LogP contribution in [0.3, 0.4) is 0 Å². The lowest BCUT2D eigenvalue weighted by molar-refractivity contribution is 0.0948. The number of carbonyl (C=O) groups is 1. The fourth-order valence-corrected chi connectivity index (χ4v) is 1.95. The lowest BCUT2D eigenvalue weighted by atomic mass is 10.2. The molecule has 0 spiro atoms. The number of hydrogen-bond acceptors (Lipinski definition) is 3. The molecule has 0 unspecified atom stereocenters. The molecule has 1 amide bonds. The van der Waals surface area contributed by atoms with Crippen molar-refractivity contribution in [2.45, 2.75) is 25.7 Å². The van der Waals surface area contributed by atoms with Crippen molar-refractivity contribution in [2.75, 3.05) is 6.54 Å². The quantitative estimate of drug-likeness (QED) is 0.756. The highest BCUT2D eigenvalue weighted by atomic mass is 32.1. The molecule has 0 atom stereocenters. The summed E-state index contributed by atoms with van der Waals surface area (Å²) >= 11 is 1.45. The van der Waals surface area contributed by atoms with Gasteiger partial charge in [0.15, 0.2) is 0 Å². The third-order valence-corrected chi connectivity index (χ3v) is 3.02. The summed E-state index contributed by atoms with van der Waals surface area (Å²) in [4.78, 5) is 15.3. The van der Waals surface area contributed by atoms with Gasteiger partial charge in [-0.3, -0.25) is 4.79 Å². The fraction of sp³-hybridized carbons (Fsp3) is 0.600. The van der Waals surface area contributed by atoms with Crippen molar-refractivity contribution in [1.29, 1.82) is 0 Å². The molecule has 14 heavy (non-hydrogen) atoms. The Morgan fingerprint density at radius 2 is 2.50 bits per heavy atom. The molecule has 0 aliphatic heterocycles. The van der Waals surface area contributed by atoms with Crippen LogP contribution in [-0.4, -0.2) is 17.4 Å². The van der Waals surface area contributed by atoms with Gasteiger partial charge in [0, 0.05) is 11.9 Å². The molecule has 0 bridgehead atoms. The molecule has 1 heterocycles. The first-order valence-corrected chi connectivity index (χ1v) is 5.97. The van der Waals surface area contributed by atoms with Crippen LogP contribution in [0.4, 0.5) is 0 Å². The van der Waals surface area contributed by atoms with Crippen molar-refractivity contribution in [3.63, 3.8) is 0 Å². The Kier molecular flexibility index (Phi) is 3.14. The van der Waals surface area contributed by atoms with Gasteiger partial charge in [0.25, 0.3) is 5.91 Å². The van der Waals surface area contributed by atoms with Gasteiger partial charge in [0.05, 0.1) is 5.51 Å².